The van der Waals surface area contributed by atoms with Crippen LogP contribution in [-0.2, 0) is 4.79 Å². The number of hydrogen-bond donors (Lipinski definition) is 3. The minimum absolute atomic E-state index is 0.0872. The Morgan fingerprint density at radius 2 is 1.82 bits per heavy atom. The van der Waals surface area contributed by atoms with Crippen molar-refractivity contribution in [1.82, 2.24) is 9.80 Å². The number of anilines is 2. The number of urea groups is 1. The zero-order valence-corrected chi connectivity index (χ0v) is 23.4. The summed E-state index contributed by atoms with van der Waals surface area (Å²) in [6.45, 7) is 3.97. The molecular weight excluding hydrogens is 515 g/mol. The van der Waals surface area contributed by atoms with E-state index in [0.717, 1.165) is 32.1 Å². The molecular formula is C30H39FN4O5. The fraction of sp³-hybridized carbons (Fsp3) is 0.500. The second kappa shape index (κ2) is 13.1. The Balaban J connectivity index is 1.61. The molecule has 1 fully saturated rings. The van der Waals surface area contributed by atoms with Gasteiger partial charge in [0, 0.05) is 31.1 Å². The summed E-state index contributed by atoms with van der Waals surface area (Å²) in [5, 5.41) is 15.6. The van der Waals surface area contributed by atoms with Gasteiger partial charge in [-0.2, -0.15) is 0 Å². The van der Waals surface area contributed by atoms with Crippen molar-refractivity contribution in [2.75, 3.05) is 37.4 Å². The quantitative estimate of drug-likeness (QED) is 0.458. The summed E-state index contributed by atoms with van der Waals surface area (Å²) in [6, 6.07) is 9.74. The van der Waals surface area contributed by atoms with E-state index >= 15 is 0 Å². The molecule has 40 heavy (non-hydrogen) atoms. The number of aliphatic hydroxyl groups excluding tert-OH is 1. The molecule has 0 spiro atoms. The van der Waals surface area contributed by atoms with Crippen molar-refractivity contribution in [2.24, 2.45) is 11.8 Å². The monoisotopic (exact) mass is 554 g/mol. The van der Waals surface area contributed by atoms with E-state index in [-0.39, 0.29) is 48.1 Å². The second-order valence-corrected chi connectivity index (χ2v) is 10.9. The van der Waals surface area contributed by atoms with Crippen LogP contribution >= 0.6 is 0 Å². The average molecular weight is 555 g/mol. The van der Waals surface area contributed by atoms with E-state index in [1.165, 1.54) is 29.2 Å². The van der Waals surface area contributed by atoms with Crippen LogP contribution in [0, 0.1) is 17.7 Å². The number of likely N-dealkylation sites (N-methyl/N-ethyl adjacent to an activating group) is 1. The van der Waals surface area contributed by atoms with Crippen LogP contribution in [0.3, 0.4) is 0 Å². The highest BCUT2D eigenvalue weighted by atomic mass is 19.1. The highest BCUT2D eigenvalue weighted by molar-refractivity contribution is 6.02. The van der Waals surface area contributed by atoms with Gasteiger partial charge in [0.25, 0.3) is 5.91 Å². The van der Waals surface area contributed by atoms with E-state index in [4.69, 9.17) is 4.74 Å². The summed E-state index contributed by atoms with van der Waals surface area (Å²) in [5.74, 6) is -0.838. The number of carbonyl (C=O) groups excluding carboxylic acids is 3. The molecule has 10 heteroatoms. The van der Waals surface area contributed by atoms with E-state index in [9.17, 15) is 23.9 Å². The molecule has 4 rings (SSSR count). The predicted molar refractivity (Wildman–Crippen MR) is 151 cm³/mol. The van der Waals surface area contributed by atoms with Crippen LogP contribution < -0.4 is 15.4 Å². The lowest BCUT2D eigenvalue weighted by atomic mass is 9.88. The first-order valence-corrected chi connectivity index (χ1v) is 14.0. The normalized spacial score (nSPS) is 20.4. The number of hydrogen-bond acceptors (Lipinski definition) is 5. The first-order valence-electron chi connectivity index (χ1n) is 14.0. The van der Waals surface area contributed by atoms with Crippen LogP contribution in [-0.4, -0.2) is 71.6 Å². The van der Waals surface area contributed by atoms with Crippen molar-refractivity contribution in [3.05, 3.63) is 53.8 Å². The maximum Gasteiger partial charge on any atom is 0.321 e. The van der Waals surface area contributed by atoms with E-state index < -0.39 is 24.0 Å². The van der Waals surface area contributed by atoms with Gasteiger partial charge in [-0.25, -0.2) is 9.18 Å². The number of aliphatic hydroxyl groups is 1. The molecule has 1 heterocycles. The molecule has 0 radical (unpaired) electrons. The molecule has 216 valence electrons. The summed E-state index contributed by atoms with van der Waals surface area (Å²) >= 11 is 0. The molecule has 1 saturated carbocycles. The molecule has 0 bridgehead atoms. The third kappa shape index (κ3) is 6.91. The Morgan fingerprint density at radius 1 is 1.12 bits per heavy atom. The first kappa shape index (κ1) is 29.3. The molecule has 3 atom stereocenters. The SMILES string of the molecule is C[C@H]1CN([C@@H](C)CO)C(=O)c2cccc(NC(=O)C3CCCCC3)c2O[C@@H]1CN(C)C(=O)Nc1ccc(F)cc1. The Hall–Kier alpha value is -3.66. The Kier molecular flexibility index (Phi) is 9.63. The van der Waals surface area contributed by atoms with Crippen LogP contribution in [0.15, 0.2) is 42.5 Å². The number of amides is 4. The number of nitrogens with one attached hydrogen (secondary N) is 2. The second-order valence-electron chi connectivity index (χ2n) is 10.9. The minimum Gasteiger partial charge on any atom is -0.485 e. The number of para-hydroxylation sites is 1. The van der Waals surface area contributed by atoms with Gasteiger partial charge < -0.3 is 30.3 Å². The Bertz CT molecular complexity index is 1200. The molecule has 2 aromatic rings. The Labute approximate surface area is 234 Å². The van der Waals surface area contributed by atoms with Gasteiger partial charge in [0.1, 0.15) is 11.9 Å². The number of halogens is 1. The van der Waals surface area contributed by atoms with Crippen molar-refractivity contribution >= 4 is 29.2 Å². The van der Waals surface area contributed by atoms with Crippen LogP contribution in [0.1, 0.15) is 56.3 Å². The fourth-order valence-electron chi connectivity index (χ4n) is 5.26. The summed E-state index contributed by atoms with van der Waals surface area (Å²) in [5.41, 5.74) is 1.16. The molecule has 0 saturated heterocycles. The lowest BCUT2D eigenvalue weighted by Crippen LogP contribution is -2.50. The van der Waals surface area contributed by atoms with Gasteiger partial charge >= 0.3 is 6.03 Å². The van der Waals surface area contributed by atoms with Crippen molar-refractivity contribution in [1.29, 1.82) is 0 Å². The molecule has 2 aliphatic rings. The van der Waals surface area contributed by atoms with Crippen molar-refractivity contribution in [3.8, 4) is 5.75 Å². The number of ether oxygens (including phenoxy) is 1. The topological polar surface area (TPSA) is 111 Å². The van der Waals surface area contributed by atoms with Gasteiger partial charge in [-0.15, -0.1) is 0 Å². The number of nitrogens with zero attached hydrogens (tertiary/aromatic N) is 2. The molecule has 1 aliphatic carbocycles. The third-order valence-corrected chi connectivity index (χ3v) is 7.82. The zero-order valence-electron chi connectivity index (χ0n) is 23.4. The van der Waals surface area contributed by atoms with Gasteiger partial charge in [0.05, 0.1) is 30.4 Å². The van der Waals surface area contributed by atoms with Crippen molar-refractivity contribution in [3.63, 3.8) is 0 Å². The predicted octanol–water partition coefficient (Wildman–Crippen LogP) is 4.73. The number of benzene rings is 2. The first-order chi connectivity index (χ1) is 19.2. The van der Waals surface area contributed by atoms with Gasteiger partial charge in [-0.1, -0.05) is 32.3 Å². The summed E-state index contributed by atoms with van der Waals surface area (Å²) in [7, 11) is 1.63. The molecule has 2 aromatic carbocycles. The van der Waals surface area contributed by atoms with Gasteiger partial charge in [-0.05, 0) is 56.2 Å². The Morgan fingerprint density at radius 3 is 2.50 bits per heavy atom. The highest BCUT2D eigenvalue weighted by Gasteiger charge is 2.35. The summed E-state index contributed by atoms with van der Waals surface area (Å²) in [4.78, 5) is 42.8. The molecule has 3 N–H and O–H groups in total. The standard InChI is InChI=1S/C30H39FN4O5/c1-19-16-35(20(2)18-36)29(38)24-10-7-11-25(33-28(37)21-8-5-4-6-9-21)27(24)40-26(19)17-34(3)30(39)32-23-14-12-22(31)13-15-23/h7,10-15,19-21,26,36H,4-6,8-9,16-18H2,1-3H3,(H,32,39)(H,33,37)/t19-,20-,26+/m0/s1. The lowest BCUT2D eigenvalue weighted by molar-refractivity contribution is -0.120. The van der Waals surface area contributed by atoms with Crippen molar-refractivity contribution < 1.29 is 28.6 Å². The molecule has 0 unspecified atom stereocenters. The molecule has 4 amide bonds. The summed E-state index contributed by atoms with van der Waals surface area (Å²) < 4.78 is 19.8. The maximum absolute atomic E-state index is 13.7. The molecule has 0 aromatic heterocycles. The van der Waals surface area contributed by atoms with E-state index in [0.29, 0.717) is 17.9 Å². The third-order valence-electron chi connectivity index (χ3n) is 7.82. The van der Waals surface area contributed by atoms with E-state index in [2.05, 4.69) is 10.6 Å². The van der Waals surface area contributed by atoms with Crippen LogP contribution in [0.2, 0.25) is 0 Å². The lowest BCUT2D eigenvalue weighted by Gasteiger charge is -2.38. The van der Waals surface area contributed by atoms with Gasteiger partial charge in [-0.3, -0.25) is 9.59 Å². The van der Waals surface area contributed by atoms with Crippen LogP contribution in [0.25, 0.3) is 0 Å². The van der Waals surface area contributed by atoms with E-state index in [1.54, 1.807) is 37.1 Å². The highest BCUT2D eigenvalue weighted by Crippen LogP contribution is 2.36. The van der Waals surface area contributed by atoms with Gasteiger partial charge in [0.2, 0.25) is 5.91 Å². The number of rotatable bonds is 7. The van der Waals surface area contributed by atoms with Crippen LogP contribution in [0.4, 0.5) is 20.6 Å². The molecule has 9 nitrogen and oxygen atoms in total. The smallest absolute Gasteiger partial charge is 0.321 e. The van der Waals surface area contributed by atoms with Gasteiger partial charge in [0.15, 0.2) is 5.75 Å². The number of carbonyl (C=O) groups is 3. The molecule has 1 aliphatic heterocycles. The summed E-state index contributed by atoms with van der Waals surface area (Å²) in [6.07, 6.45) is 4.27. The largest absolute Gasteiger partial charge is 0.485 e. The minimum atomic E-state index is -0.544. The average Bonchev–Trinajstić information content (AvgIpc) is 2.96. The zero-order chi connectivity index (χ0) is 28.8. The number of fused-ring (bicyclic) bond motifs is 1. The fourth-order valence-corrected chi connectivity index (χ4v) is 5.26. The van der Waals surface area contributed by atoms with Crippen LogP contribution in [0.5, 0.6) is 5.75 Å². The maximum atomic E-state index is 13.7. The van der Waals surface area contributed by atoms with E-state index in [1.807, 2.05) is 6.92 Å². The van der Waals surface area contributed by atoms with Crippen molar-refractivity contribution in [2.45, 2.75) is 58.1 Å².